The Bertz CT molecular complexity index is 463. The molecule has 90 valence electrons. The van der Waals surface area contributed by atoms with Crippen LogP contribution in [-0.2, 0) is 0 Å². The van der Waals surface area contributed by atoms with Gasteiger partial charge in [-0.25, -0.2) is 0 Å². The number of ether oxygens (including phenoxy) is 2. The van der Waals surface area contributed by atoms with E-state index in [0.717, 1.165) is 12.3 Å². The molecule has 0 N–H and O–H groups in total. The lowest BCUT2D eigenvalue weighted by Crippen LogP contribution is -2.33. The molecular formula is C12H13NO3S. The zero-order valence-corrected chi connectivity index (χ0v) is 10.3. The van der Waals surface area contributed by atoms with Gasteiger partial charge in [0, 0.05) is 17.9 Å². The first-order chi connectivity index (χ1) is 8.25. The summed E-state index contributed by atoms with van der Waals surface area (Å²) in [5.41, 5.74) is 0.670. The van der Waals surface area contributed by atoms with E-state index in [-0.39, 0.29) is 18.1 Å². The average molecular weight is 251 g/mol. The summed E-state index contributed by atoms with van der Waals surface area (Å²) in [5.74, 6) is 2.46. The van der Waals surface area contributed by atoms with E-state index in [1.54, 1.807) is 30.0 Å². The fourth-order valence-electron chi connectivity index (χ4n) is 2.06. The number of benzene rings is 1. The Kier molecular flexibility index (Phi) is 2.63. The molecule has 1 amide bonds. The van der Waals surface area contributed by atoms with Gasteiger partial charge in [0.2, 0.25) is 6.79 Å². The maximum Gasteiger partial charge on any atom is 0.254 e. The van der Waals surface area contributed by atoms with E-state index in [0.29, 0.717) is 17.1 Å². The zero-order valence-electron chi connectivity index (χ0n) is 9.51. The van der Waals surface area contributed by atoms with Crippen molar-refractivity contribution in [1.29, 1.82) is 0 Å². The Morgan fingerprint density at radius 1 is 1.41 bits per heavy atom. The summed E-state index contributed by atoms with van der Waals surface area (Å²) in [4.78, 5) is 14.2. The molecule has 2 aliphatic rings. The van der Waals surface area contributed by atoms with Gasteiger partial charge >= 0.3 is 0 Å². The number of thioether (sulfide) groups is 1. The number of fused-ring (bicyclic) bond motifs is 1. The second-order valence-corrected chi connectivity index (χ2v) is 5.46. The normalized spacial score (nSPS) is 21.9. The van der Waals surface area contributed by atoms with Crippen LogP contribution in [0.25, 0.3) is 0 Å². The van der Waals surface area contributed by atoms with Crippen LogP contribution in [0, 0.1) is 0 Å². The van der Waals surface area contributed by atoms with Gasteiger partial charge in [0.15, 0.2) is 11.5 Å². The molecule has 5 heteroatoms. The predicted molar refractivity (Wildman–Crippen MR) is 65.5 cm³/mol. The summed E-state index contributed by atoms with van der Waals surface area (Å²) in [5, 5.41) is 0.257. The van der Waals surface area contributed by atoms with Crippen LogP contribution < -0.4 is 9.47 Å². The molecule has 0 saturated carbocycles. The monoisotopic (exact) mass is 251 g/mol. The first-order valence-electron chi connectivity index (χ1n) is 5.58. The fourth-order valence-corrected chi connectivity index (χ4v) is 3.08. The maximum absolute atomic E-state index is 12.3. The van der Waals surface area contributed by atoms with E-state index in [2.05, 4.69) is 6.92 Å². The number of amides is 1. The molecule has 17 heavy (non-hydrogen) atoms. The molecule has 1 atom stereocenters. The van der Waals surface area contributed by atoms with Crippen molar-refractivity contribution in [2.45, 2.75) is 12.3 Å². The molecule has 0 radical (unpaired) electrons. The van der Waals surface area contributed by atoms with E-state index in [9.17, 15) is 4.79 Å². The van der Waals surface area contributed by atoms with Crippen molar-refractivity contribution in [1.82, 2.24) is 4.90 Å². The Morgan fingerprint density at radius 2 is 2.24 bits per heavy atom. The quantitative estimate of drug-likeness (QED) is 0.764. The van der Waals surface area contributed by atoms with Crippen LogP contribution >= 0.6 is 11.8 Å². The number of hydrogen-bond acceptors (Lipinski definition) is 4. The third-order valence-corrected chi connectivity index (χ3v) is 4.17. The Hall–Kier alpha value is -1.36. The molecular weight excluding hydrogens is 238 g/mol. The molecule has 2 heterocycles. The number of rotatable bonds is 1. The molecule has 0 bridgehead atoms. The van der Waals surface area contributed by atoms with Gasteiger partial charge in [-0.15, -0.1) is 11.8 Å². The number of carbonyl (C=O) groups is 1. The van der Waals surface area contributed by atoms with E-state index < -0.39 is 0 Å². The highest BCUT2D eigenvalue weighted by Gasteiger charge is 2.27. The van der Waals surface area contributed by atoms with Crippen LogP contribution in [0.3, 0.4) is 0 Å². The first kappa shape index (κ1) is 10.8. The highest BCUT2D eigenvalue weighted by atomic mass is 32.2. The van der Waals surface area contributed by atoms with Gasteiger partial charge in [-0.2, -0.15) is 0 Å². The van der Waals surface area contributed by atoms with Crippen molar-refractivity contribution in [3.8, 4) is 11.5 Å². The third-order valence-electron chi connectivity index (χ3n) is 3.01. The van der Waals surface area contributed by atoms with Gasteiger partial charge < -0.3 is 14.4 Å². The molecule has 0 aromatic heterocycles. The maximum atomic E-state index is 12.3. The lowest BCUT2D eigenvalue weighted by atomic mass is 10.1. The van der Waals surface area contributed by atoms with Crippen LogP contribution in [-0.4, -0.2) is 35.3 Å². The summed E-state index contributed by atoms with van der Waals surface area (Å²) in [6, 6.07) is 5.36. The van der Waals surface area contributed by atoms with Gasteiger partial charge in [-0.1, -0.05) is 0 Å². The van der Waals surface area contributed by atoms with Gasteiger partial charge in [0.1, 0.15) is 0 Å². The van der Waals surface area contributed by atoms with E-state index in [4.69, 9.17) is 9.47 Å². The minimum atomic E-state index is 0.0702. The lowest BCUT2D eigenvalue weighted by Gasteiger charge is -2.20. The average Bonchev–Trinajstić information content (AvgIpc) is 2.95. The van der Waals surface area contributed by atoms with Crippen LogP contribution in [0.5, 0.6) is 11.5 Å². The topological polar surface area (TPSA) is 38.8 Å². The molecule has 3 rings (SSSR count). The largest absolute Gasteiger partial charge is 0.454 e. The van der Waals surface area contributed by atoms with Gasteiger partial charge in [-0.3, -0.25) is 4.79 Å². The smallest absolute Gasteiger partial charge is 0.254 e. The van der Waals surface area contributed by atoms with E-state index in [1.165, 1.54) is 0 Å². The van der Waals surface area contributed by atoms with Crippen molar-refractivity contribution >= 4 is 17.7 Å². The zero-order chi connectivity index (χ0) is 11.8. The minimum absolute atomic E-state index is 0.0702. The van der Waals surface area contributed by atoms with E-state index in [1.807, 2.05) is 4.90 Å². The summed E-state index contributed by atoms with van der Waals surface area (Å²) < 4.78 is 10.5. The van der Waals surface area contributed by atoms with Crippen molar-refractivity contribution in [2.24, 2.45) is 0 Å². The number of nitrogens with zero attached hydrogens (tertiary/aromatic N) is 1. The molecule has 1 saturated heterocycles. The van der Waals surface area contributed by atoms with Crippen LogP contribution in [0.4, 0.5) is 0 Å². The van der Waals surface area contributed by atoms with Gasteiger partial charge in [0.25, 0.3) is 5.91 Å². The molecule has 1 aromatic carbocycles. The highest BCUT2D eigenvalue weighted by Crippen LogP contribution is 2.33. The molecule has 1 fully saturated rings. The predicted octanol–water partition coefficient (Wildman–Crippen LogP) is 1.95. The number of carbonyl (C=O) groups excluding carboxylic acids is 1. The Morgan fingerprint density at radius 3 is 3.00 bits per heavy atom. The Labute approximate surface area is 104 Å². The first-order valence-corrected chi connectivity index (χ1v) is 6.63. The van der Waals surface area contributed by atoms with Crippen molar-refractivity contribution in [3.05, 3.63) is 23.8 Å². The lowest BCUT2D eigenvalue weighted by molar-refractivity contribution is 0.0768. The van der Waals surface area contributed by atoms with Crippen molar-refractivity contribution < 1.29 is 14.3 Å². The van der Waals surface area contributed by atoms with Crippen LogP contribution in [0.2, 0.25) is 0 Å². The third kappa shape index (κ3) is 1.84. The van der Waals surface area contributed by atoms with Gasteiger partial charge in [0.05, 0.1) is 5.37 Å². The molecule has 0 aliphatic carbocycles. The van der Waals surface area contributed by atoms with Crippen molar-refractivity contribution in [3.63, 3.8) is 0 Å². The molecule has 2 aliphatic heterocycles. The summed E-state index contributed by atoms with van der Waals surface area (Å²) >= 11 is 1.80. The second-order valence-electron chi connectivity index (χ2n) is 4.04. The molecule has 4 nitrogen and oxygen atoms in total. The SMILES string of the molecule is CC1SCCN1C(=O)c1ccc2c(c1)OCO2. The second kappa shape index (κ2) is 4.14. The molecule has 1 unspecified atom stereocenters. The standard InChI is InChI=1S/C12H13NO3S/c1-8-13(4-5-17-8)12(14)9-2-3-10-11(6-9)16-7-15-10/h2-3,6,8H,4-5,7H2,1H3. The highest BCUT2D eigenvalue weighted by molar-refractivity contribution is 8.00. The fraction of sp³-hybridized carbons (Fsp3) is 0.417. The van der Waals surface area contributed by atoms with E-state index >= 15 is 0 Å². The summed E-state index contributed by atoms with van der Waals surface area (Å²) in [7, 11) is 0. The van der Waals surface area contributed by atoms with Gasteiger partial charge in [-0.05, 0) is 25.1 Å². The minimum Gasteiger partial charge on any atom is -0.454 e. The summed E-state index contributed by atoms with van der Waals surface area (Å²) in [6.45, 7) is 3.12. The molecule has 0 spiro atoms. The van der Waals surface area contributed by atoms with Crippen molar-refractivity contribution in [2.75, 3.05) is 19.1 Å². The van der Waals surface area contributed by atoms with Crippen LogP contribution in [0.1, 0.15) is 17.3 Å². The summed E-state index contributed by atoms with van der Waals surface area (Å²) in [6.07, 6.45) is 0. The Balaban J connectivity index is 1.86. The van der Waals surface area contributed by atoms with Crippen LogP contribution in [0.15, 0.2) is 18.2 Å². The molecule has 1 aromatic rings. The number of hydrogen-bond donors (Lipinski definition) is 0.